The third-order valence-electron chi connectivity index (χ3n) is 3.38. The lowest BCUT2D eigenvalue weighted by molar-refractivity contribution is -0.618. The highest BCUT2D eigenvalue weighted by molar-refractivity contribution is 5.34. The summed E-state index contributed by atoms with van der Waals surface area (Å²) in [5, 5.41) is 30.7. The van der Waals surface area contributed by atoms with Crippen LogP contribution in [-0.4, -0.2) is 21.8 Å². The maximum Gasteiger partial charge on any atom is 0.289 e. The molecule has 0 aliphatic rings. The van der Waals surface area contributed by atoms with Crippen molar-refractivity contribution < 1.29 is 14.6 Å². The SMILES string of the molecule is CC(C)(Oc1ccc(C#N)cc1)C(O)Cc1ccnc[n+]1[O-]. The molecule has 0 aliphatic heterocycles. The molecular formula is C16H17N3O3. The highest BCUT2D eigenvalue weighted by atomic mass is 16.5. The Morgan fingerprint density at radius 2 is 2.05 bits per heavy atom. The van der Waals surface area contributed by atoms with E-state index in [1.165, 1.54) is 6.20 Å². The molecule has 0 radical (unpaired) electrons. The molecule has 0 fully saturated rings. The molecule has 0 aliphatic carbocycles. The van der Waals surface area contributed by atoms with Crippen LogP contribution >= 0.6 is 0 Å². The largest absolute Gasteiger partial charge is 0.711 e. The Balaban J connectivity index is 2.08. The van der Waals surface area contributed by atoms with Gasteiger partial charge in [-0.1, -0.05) is 4.98 Å². The standard InChI is InChI=1S/C16H17N3O3/c1-16(2,22-14-5-3-12(10-17)4-6-14)15(20)9-13-7-8-18-11-19(13)21/h3-8,11,15,20H,9H2,1-2H3. The van der Waals surface area contributed by atoms with E-state index in [0.29, 0.717) is 21.7 Å². The maximum atomic E-state index is 11.6. The number of hydrogen-bond donors (Lipinski definition) is 1. The quantitative estimate of drug-likeness (QED) is 0.664. The van der Waals surface area contributed by atoms with Crippen LogP contribution in [0, 0.1) is 16.5 Å². The highest BCUT2D eigenvalue weighted by Gasteiger charge is 2.31. The fraction of sp³-hybridized carbons (Fsp3) is 0.312. The summed E-state index contributed by atoms with van der Waals surface area (Å²) in [5.74, 6) is 0.549. The van der Waals surface area contributed by atoms with E-state index in [4.69, 9.17) is 10.00 Å². The van der Waals surface area contributed by atoms with Gasteiger partial charge in [-0.15, -0.1) is 0 Å². The van der Waals surface area contributed by atoms with Gasteiger partial charge in [-0.3, -0.25) is 0 Å². The van der Waals surface area contributed by atoms with E-state index in [2.05, 4.69) is 4.98 Å². The van der Waals surface area contributed by atoms with Crippen LogP contribution in [0.5, 0.6) is 5.75 Å². The topological polar surface area (TPSA) is 93.1 Å². The molecule has 2 aromatic rings. The van der Waals surface area contributed by atoms with E-state index < -0.39 is 11.7 Å². The van der Waals surface area contributed by atoms with Crippen molar-refractivity contribution in [1.29, 1.82) is 5.26 Å². The number of ether oxygens (including phenoxy) is 1. The van der Waals surface area contributed by atoms with Crippen molar-refractivity contribution >= 4 is 0 Å². The van der Waals surface area contributed by atoms with Gasteiger partial charge in [0.25, 0.3) is 6.33 Å². The normalized spacial score (nSPS) is 12.5. The Morgan fingerprint density at radius 3 is 2.64 bits per heavy atom. The summed E-state index contributed by atoms with van der Waals surface area (Å²) in [5.41, 5.74) is 0.0543. The molecule has 6 nitrogen and oxygen atoms in total. The van der Waals surface area contributed by atoms with Crippen molar-refractivity contribution in [3.05, 3.63) is 59.3 Å². The minimum atomic E-state index is -0.898. The summed E-state index contributed by atoms with van der Waals surface area (Å²) in [6.45, 7) is 3.48. The number of aliphatic hydroxyl groups excluding tert-OH is 1. The second-order valence-corrected chi connectivity index (χ2v) is 5.46. The van der Waals surface area contributed by atoms with Crippen LogP contribution in [0.25, 0.3) is 0 Å². The number of hydrogen-bond acceptors (Lipinski definition) is 5. The summed E-state index contributed by atoms with van der Waals surface area (Å²) in [7, 11) is 0. The lowest BCUT2D eigenvalue weighted by Gasteiger charge is -2.31. The zero-order valence-electron chi connectivity index (χ0n) is 12.4. The Hall–Kier alpha value is -2.65. The third-order valence-corrected chi connectivity index (χ3v) is 3.38. The Kier molecular flexibility index (Phi) is 4.59. The van der Waals surface area contributed by atoms with Gasteiger partial charge in [0.2, 0.25) is 0 Å². The first-order valence-electron chi connectivity index (χ1n) is 6.81. The van der Waals surface area contributed by atoms with Gasteiger partial charge in [0, 0.05) is 12.5 Å². The molecule has 0 saturated heterocycles. The van der Waals surface area contributed by atoms with Crippen LogP contribution in [0.3, 0.4) is 0 Å². The zero-order valence-corrected chi connectivity index (χ0v) is 12.4. The van der Waals surface area contributed by atoms with Crippen molar-refractivity contribution in [2.75, 3.05) is 0 Å². The number of aliphatic hydroxyl groups is 1. The van der Waals surface area contributed by atoms with Crippen molar-refractivity contribution in [3.63, 3.8) is 0 Å². The number of rotatable bonds is 5. The lowest BCUT2D eigenvalue weighted by atomic mass is 9.97. The predicted molar refractivity (Wildman–Crippen MR) is 78.8 cm³/mol. The number of nitrogens with zero attached hydrogens (tertiary/aromatic N) is 3. The molecule has 114 valence electrons. The van der Waals surface area contributed by atoms with Gasteiger partial charge < -0.3 is 15.1 Å². The van der Waals surface area contributed by atoms with Gasteiger partial charge >= 0.3 is 0 Å². The predicted octanol–water partition coefficient (Wildman–Crippen LogP) is 1.35. The summed E-state index contributed by atoms with van der Waals surface area (Å²) in [6, 6.07) is 10.2. The summed E-state index contributed by atoms with van der Waals surface area (Å²) >= 11 is 0. The number of aromatic nitrogens is 2. The molecule has 6 heteroatoms. The first kappa shape index (κ1) is 15.7. The summed E-state index contributed by atoms with van der Waals surface area (Å²) in [4.78, 5) is 3.71. The van der Waals surface area contributed by atoms with Gasteiger partial charge in [-0.2, -0.15) is 5.26 Å². The van der Waals surface area contributed by atoms with E-state index in [9.17, 15) is 10.3 Å². The molecule has 1 unspecified atom stereocenters. The molecule has 1 aromatic heterocycles. The minimum Gasteiger partial charge on any atom is -0.711 e. The Bertz CT molecular complexity index is 678. The van der Waals surface area contributed by atoms with E-state index in [1.54, 1.807) is 44.2 Å². The van der Waals surface area contributed by atoms with E-state index in [1.807, 2.05) is 6.07 Å². The average Bonchev–Trinajstić information content (AvgIpc) is 2.50. The van der Waals surface area contributed by atoms with Gasteiger partial charge in [-0.05, 0) is 38.1 Å². The van der Waals surface area contributed by atoms with Crippen molar-refractivity contribution in [1.82, 2.24) is 4.98 Å². The first-order chi connectivity index (χ1) is 10.4. The van der Waals surface area contributed by atoms with Gasteiger partial charge in [0.1, 0.15) is 29.3 Å². The molecule has 1 aromatic carbocycles. The van der Waals surface area contributed by atoms with Crippen molar-refractivity contribution in [2.45, 2.75) is 32.0 Å². The Labute approximate surface area is 128 Å². The van der Waals surface area contributed by atoms with Crippen LogP contribution < -0.4 is 9.47 Å². The van der Waals surface area contributed by atoms with Crippen LogP contribution in [-0.2, 0) is 6.42 Å². The Morgan fingerprint density at radius 1 is 1.36 bits per heavy atom. The van der Waals surface area contributed by atoms with E-state index in [-0.39, 0.29) is 6.42 Å². The molecular weight excluding hydrogens is 282 g/mol. The van der Waals surface area contributed by atoms with Gasteiger partial charge in [-0.25, -0.2) is 4.73 Å². The fourth-order valence-electron chi connectivity index (χ4n) is 1.95. The molecule has 22 heavy (non-hydrogen) atoms. The summed E-state index contributed by atoms with van der Waals surface area (Å²) < 4.78 is 6.41. The molecule has 0 amide bonds. The number of nitriles is 1. The molecule has 1 heterocycles. The third kappa shape index (κ3) is 3.71. The van der Waals surface area contributed by atoms with Crippen LogP contribution in [0.2, 0.25) is 0 Å². The van der Waals surface area contributed by atoms with Crippen LogP contribution in [0.4, 0.5) is 0 Å². The molecule has 0 bridgehead atoms. The lowest BCUT2D eigenvalue weighted by Crippen LogP contribution is -2.45. The second-order valence-electron chi connectivity index (χ2n) is 5.46. The second kappa shape index (κ2) is 6.41. The smallest absolute Gasteiger partial charge is 0.289 e. The first-order valence-corrected chi connectivity index (χ1v) is 6.81. The molecule has 2 rings (SSSR count). The van der Waals surface area contributed by atoms with Gasteiger partial charge in [0.15, 0.2) is 0 Å². The molecule has 1 atom stereocenters. The number of benzene rings is 1. The minimum absolute atomic E-state index is 0.148. The highest BCUT2D eigenvalue weighted by Crippen LogP contribution is 2.23. The van der Waals surface area contributed by atoms with Crippen molar-refractivity contribution in [2.24, 2.45) is 0 Å². The van der Waals surface area contributed by atoms with Gasteiger partial charge in [0.05, 0.1) is 11.6 Å². The zero-order chi connectivity index (χ0) is 16.2. The monoisotopic (exact) mass is 299 g/mol. The fourth-order valence-corrected chi connectivity index (χ4v) is 1.95. The van der Waals surface area contributed by atoms with Crippen LogP contribution in [0.1, 0.15) is 25.1 Å². The maximum absolute atomic E-state index is 11.6. The average molecular weight is 299 g/mol. The van der Waals surface area contributed by atoms with E-state index >= 15 is 0 Å². The summed E-state index contributed by atoms with van der Waals surface area (Å²) in [6.07, 6.45) is 1.92. The van der Waals surface area contributed by atoms with E-state index in [0.717, 1.165) is 6.33 Å². The molecule has 0 saturated carbocycles. The molecule has 0 spiro atoms. The molecule has 1 N–H and O–H groups in total. The van der Waals surface area contributed by atoms with Crippen LogP contribution in [0.15, 0.2) is 42.9 Å². The van der Waals surface area contributed by atoms with Crippen molar-refractivity contribution in [3.8, 4) is 11.8 Å².